The molecule has 0 spiro atoms. The highest BCUT2D eigenvalue weighted by Crippen LogP contribution is 2.27. The highest BCUT2D eigenvalue weighted by Gasteiger charge is 2.35. The first kappa shape index (κ1) is 37.4. The molecule has 268 valence electrons. The van der Waals surface area contributed by atoms with Gasteiger partial charge in [0.2, 0.25) is 5.91 Å². The summed E-state index contributed by atoms with van der Waals surface area (Å²) >= 11 is 0. The molecule has 0 unspecified atom stereocenters. The van der Waals surface area contributed by atoms with E-state index in [0.717, 1.165) is 60.3 Å². The van der Waals surface area contributed by atoms with Gasteiger partial charge in [0, 0.05) is 54.5 Å². The Labute approximate surface area is 302 Å². The molecule has 0 radical (unpaired) electrons. The molecule has 1 fully saturated rings. The topological polar surface area (TPSA) is 110 Å². The first-order chi connectivity index (χ1) is 24.8. The molecule has 2 atom stereocenters. The van der Waals surface area contributed by atoms with Crippen molar-refractivity contribution in [2.24, 2.45) is 11.8 Å². The van der Waals surface area contributed by atoms with E-state index in [1.165, 1.54) is 31.2 Å². The number of hydrogen-bond acceptors (Lipinski definition) is 6. The van der Waals surface area contributed by atoms with Crippen LogP contribution >= 0.6 is 0 Å². The fourth-order valence-electron chi connectivity index (χ4n) is 6.59. The molecule has 8 nitrogen and oxygen atoms in total. The van der Waals surface area contributed by atoms with Crippen molar-refractivity contribution in [1.82, 2.24) is 14.9 Å². The van der Waals surface area contributed by atoms with Gasteiger partial charge in [0.05, 0.1) is 12.5 Å². The molecule has 0 saturated carbocycles. The van der Waals surface area contributed by atoms with Crippen LogP contribution in [-0.2, 0) is 22.4 Å². The van der Waals surface area contributed by atoms with Crippen LogP contribution in [0.5, 0.6) is 5.75 Å². The Hall–Kier alpha value is -4.85. The minimum Gasteiger partial charge on any atom is -0.494 e. The number of unbranched alkanes of at least 4 members (excludes halogenated alkanes) is 5. The fourth-order valence-corrected chi connectivity index (χ4v) is 6.59. The van der Waals surface area contributed by atoms with Gasteiger partial charge in [0.25, 0.3) is 0 Å². The molecule has 1 aliphatic rings. The summed E-state index contributed by atoms with van der Waals surface area (Å²) < 4.78 is 5.90. The van der Waals surface area contributed by atoms with Crippen LogP contribution in [0.3, 0.4) is 0 Å². The third-order valence-electron chi connectivity index (χ3n) is 9.78. The van der Waals surface area contributed by atoms with Gasteiger partial charge >= 0.3 is 5.97 Å². The molecule has 1 aromatic heterocycles. The number of rotatable bonds is 19. The van der Waals surface area contributed by atoms with Crippen molar-refractivity contribution in [1.29, 1.82) is 0 Å². The van der Waals surface area contributed by atoms with Crippen molar-refractivity contribution in [2.75, 3.05) is 19.7 Å². The zero-order valence-electron chi connectivity index (χ0n) is 30.1. The van der Waals surface area contributed by atoms with Crippen LogP contribution in [0.15, 0.2) is 85.2 Å². The van der Waals surface area contributed by atoms with Gasteiger partial charge in [-0.15, -0.1) is 0 Å². The van der Waals surface area contributed by atoms with Crippen molar-refractivity contribution >= 4 is 17.7 Å². The number of aliphatic carboxylic acids is 1. The van der Waals surface area contributed by atoms with Gasteiger partial charge in [-0.3, -0.25) is 14.4 Å². The molecule has 1 N–H and O–H groups in total. The van der Waals surface area contributed by atoms with E-state index in [2.05, 4.69) is 23.8 Å². The van der Waals surface area contributed by atoms with Gasteiger partial charge < -0.3 is 14.7 Å². The second kappa shape index (κ2) is 18.9. The summed E-state index contributed by atoms with van der Waals surface area (Å²) in [6, 6.07) is 23.5. The zero-order chi connectivity index (χ0) is 36.0. The lowest BCUT2D eigenvalue weighted by Gasteiger charge is -2.23. The second-order valence-electron chi connectivity index (χ2n) is 13.7. The number of ether oxygens (including phenoxy) is 1. The molecule has 1 aliphatic heterocycles. The minimum absolute atomic E-state index is 0.0554. The van der Waals surface area contributed by atoms with E-state index in [1.54, 1.807) is 4.90 Å². The number of likely N-dealkylation sites (tertiary alicyclic amines) is 1. The summed E-state index contributed by atoms with van der Waals surface area (Å²) in [5.74, 6) is -0.870. The Bertz CT molecular complexity index is 1700. The van der Waals surface area contributed by atoms with Crippen molar-refractivity contribution in [3.05, 3.63) is 102 Å². The number of carboxylic acid groups (broad SMARTS) is 1. The Kier molecular flexibility index (Phi) is 13.9. The van der Waals surface area contributed by atoms with E-state index >= 15 is 0 Å². The van der Waals surface area contributed by atoms with Crippen LogP contribution < -0.4 is 4.74 Å². The Morgan fingerprint density at radius 3 is 2.08 bits per heavy atom. The smallest absolute Gasteiger partial charge is 0.308 e. The minimum atomic E-state index is -0.891. The Balaban J connectivity index is 1.22. The third kappa shape index (κ3) is 10.8. The molecule has 0 aliphatic carbocycles. The number of amides is 1. The molecule has 1 amide bonds. The zero-order valence-corrected chi connectivity index (χ0v) is 30.1. The van der Waals surface area contributed by atoms with Crippen LogP contribution in [0.1, 0.15) is 93.1 Å². The van der Waals surface area contributed by atoms with Gasteiger partial charge in [0.15, 0.2) is 11.6 Å². The number of carboxylic acids is 1. The van der Waals surface area contributed by atoms with Crippen molar-refractivity contribution in [3.63, 3.8) is 0 Å². The summed E-state index contributed by atoms with van der Waals surface area (Å²) in [6.45, 7) is 5.66. The summed E-state index contributed by atoms with van der Waals surface area (Å²) in [5.41, 5.74) is 5.46. The van der Waals surface area contributed by atoms with Crippen LogP contribution in [0, 0.1) is 11.8 Å². The van der Waals surface area contributed by atoms with E-state index in [-0.39, 0.29) is 24.7 Å². The largest absolute Gasteiger partial charge is 0.494 e. The summed E-state index contributed by atoms with van der Waals surface area (Å²) in [6.07, 6.45) is 13.7. The maximum atomic E-state index is 13.8. The number of Topliss-reactive ketones (excluding diaryl/α,β-unsaturated/α-hetero) is 1. The average molecular weight is 690 g/mol. The predicted molar refractivity (Wildman–Crippen MR) is 201 cm³/mol. The molecule has 4 aromatic rings. The second-order valence-corrected chi connectivity index (χ2v) is 13.7. The molecule has 0 bridgehead atoms. The number of nitrogens with zero attached hydrogens (tertiary/aromatic N) is 3. The summed E-state index contributed by atoms with van der Waals surface area (Å²) in [4.78, 5) is 49.7. The standard InChI is InChI=1S/C43H51N3O5/c1-3-5-7-8-9-25-51-39-21-19-33(20-22-39)38-28-44-41(45-29-38)35-17-13-32(14-18-35)26-37(42(48)46-24-23-36(30-46)43(49)50)27-40(47)34-15-11-31(12-16-34)10-6-4-2/h11-22,28-29,36-37H,3-10,23-27,30H2,1-2H3,(H,49,50)/t36-,37+/m0/s1. The van der Waals surface area contributed by atoms with Crippen LogP contribution in [0.4, 0.5) is 0 Å². The Morgan fingerprint density at radius 2 is 1.43 bits per heavy atom. The molecular formula is C43H51N3O5. The maximum absolute atomic E-state index is 13.8. The van der Waals surface area contributed by atoms with E-state index in [1.807, 2.05) is 85.2 Å². The highest BCUT2D eigenvalue weighted by atomic mass is 16.5. The van der Waals surface area contributed by atoms with Crippen molar-refractivity contribution in [3.8, 4) is 28.3 Å². The lowest BCUT2D eigenvalue weighted by molar-refractivity contribution is -0.141. The molecule has 2 heterocycles. The number of ketones is 1. The van der Waals surface area contributed by atoms with E-state index in [9.17, 15) is 19.5 Å². The Morgan fingerprint density at radius 1 is 0.784 bits per heavy atom. The molecule has 8 heteroatoms. The van der Waals surface area contributed by atoms with Gasteiger partial charge in [-0.1, -0.05) is 107 Å². The van der Waals surface area contributed by atoms with E-state index in [4.69, 9.17) is 4.74 Å². The monoisotopic (exact) mass is 689 g/mol. The number of benzene rings is 3. The van der Waals surface area contributed by atoms with Crippen LogP contribution in [0.2, 0.25) is 0 Å². The van der Waals surface area contributed by atoms with Gasteiger partial charge in [0.1, 0.15) is 5.75 Å². The summed E-state index contributed by atoms with van der Waals surface area (Å²) in [7, 11) is 0. The number of aromatic nitrogens is 2. The lowest BCUT2D eigenvalue weighted by Crippen LogP contribution is -2.37. The van der Waals surface area contributed by atoms with Gasteiger partial charge in [-0.2, -0.15) is 0 Å². The van der Waals surface area contributed by atoms with E-state index < -0.39 is 17.8 Å². The summed E-state index contributed by atoms with van der Waals surface area (Å²) in [5, 5.41) is 9.51. The molecular weight excluding hydrogens is 638 g/mol. The number of carbonyl (C=O) groups excluding carboxylic acids is 2. The average Bonchev–Trinajstić information content (AvgIpc) is 3.67. The van der Waals surface area contributed by atoms with E-state index in [0.29, 0.717) is 30.8 Å². The normalized spacial score (nSPS) is 14.7. The number of hydrogen-bond donors (Lipinski definition) is 1. The molecule has 1 saturated heterocycles. The van der Waals surface area contributed by atoms with Gasteiger partial charge in [-0.25, -0.2) is 9.97 Å². The van der Waals surface area contributed by atoms with Gasteiger partial charge in [-0.05, 0) is 60.9 Å². The first-order valence-electron chi connectivity index (χ1n) is 18.6. The molecule has 3 aromatic carbocycles. The fraction of sp³-hybridized carbons (Fsp3) is 0.419. The predicted octanol–water partition coefficient (Wildman–Crippen LogP) is 8.87. The number of aryl methyl sites for hydroxylation is 1. The third-order valence-corrected chi connectivity index (χ3v) is 9.78. The first-order valence-corrected chi connectivity index (χ1v) is 18.6. The molecule has 51 heavy (non-hydrogen) atoms. The van der Waals surface area contributed by atoms with Crippen LogP contribution in [-0.4, -0.2) is 57.3 Å². The maximum Gasteiger partial charge on any atom is 0.308 e. The highest BCUT2D eigenvalue weighted by molar-refractivity contribution is 5.98. The van der Waals surface area contributed by atoms with Crippen molar-refractivity contribution in [2.45, 2.75) is 84.5 Å². The number of carbonyl (C=O) groups is 3. The molecule has 5 rings (SSSR count). The van der Waals surface area contributed by atoms with Crippen molar-refractivity contribution < 1.29 is 24.2 Å². The SMILES string of the molecule is CCCCCCCOc1ccc(-c2cnc(-c3ccc(C[C@H](CC(=O)c4ccc(CCCC)cc4)C(=O)N4CC[C@H](C(=O)O)C4)cc3)nc2)cc1. The van der Waals surface area contributed by atoms with Crippen LogP contribution in [0.25, 0.3) is 22.5 Å². The lowest BCUT2D eigenvalue weighted by atomic mass is 9.90. The quantitative estimate of drug-likeness (QED) is 0.0774.